The van der Waals surface area contributed by atoms with E-state index in [1.165, 1.54) is 225 Å². The van der Waals surface area contributed by atoms with Gasteiger partial charge in [0, 0.05) is 12.8 Å². The largest absolute Gasteiger partial charge is 0.756 e. The molecule has 0 aromatic rings. The van der Waals surface area contributed by atoms with Gasteiger partial charge in [0.1, 0.15) is 19.8 Å². The fourth-order valence-corrected chi connectivity index (χ4v) is 11.5. The third kappa shape index (κ3) is 75.6. The number of esters is 2. The Morgan fingerprint density at radius 3 is 0.923 bits per heavy atom. The van der Waals surface area contributed by atoms with Crippen LogP contribution in [0.4, 0.5) is 0 Å². The average molecular weight is 1290 g/mol. The number of hydrogen-bond acceptors (Lipinski definition) is 8. The number of allylic oxidation sites excluding steroid dienone is 18. The Morgan fingerprint density at radius 1 is 0.352 bits per heavy atom. The molecule has 0 radical (unpaired) electrons. The molecular formula is C81H144NO8P. The molecule has 0 saturated carbocycles. The molecule has 2 atom stereocenters. The number of nitrogens with zero attached hydrogens (tertiary/aromatic N) is 1. The molecule has 0 aromatic heterocycles. The van der Waals surface area contributed by atoms with Crippen LogP contribution in [-0.2, 0) is 32.7 Å². The molecule has 0 saturated heterocycles. The molecule has 0 spiro atoms. The lowest BCUT2D eigenvalue weighted by molar-refractivity contribution is -0.870. The quantitative estimate of drug-likeness (QED) is 0.0195. The third-order valence-corrected chi connectivity index (χ3v) is 17.5. The molecule has 0 aromatic carbocycles. The molecule has 0 aliphatic carbocycles. The van der Waals surface area contributed by atoms with Gasteiger partial charge in [-0.3, -0.25) is 14.2 Å². The van der Waals surface area contributed by atoms with Crippen LogP contribution in [0.15, 0.2) is 109 Å². The van der Waals surface area contributed by atoms with Crippen LogP contribution in [0.5, 0.6) is 0 Å². The molecule has 0 fully saturated rings. The van der Waals surface area contributed by atoms with Crippen molar-refractivity contribution >= 4 is 19.8 Å². The van der Waals surface area contributed by atoms with Crippen LogP contribution in [0, 0.1) is 0 Å². The Bertz CT molecular complexity index is 1910. The van der Waals surface area contributed by atoms with E-state index in [1.54, 1.807) is 0 Å². The highest BCUT2D eigenvalue weighted by Crippen LogP contribution is 2.38. The minimum absolute atomic E-state index is 0.0460. The maximum absolute atomic E-state index is 12.8. The number of hydrogen-bond donors (Lipinski definition) is 0. The number of phosphoric ester groups is 1. The predicted octanol–water partition coefficient (Wildman–Crippen LogP) is 24.6. The molecule has 9 nitrogen and oxygen atoms in total. The van der Waals surface area contributed by atoms with Crippen LogP contribution in [0.25, 0.3) is 0 Å². The van der Waals surface area contributed by atoms with Crippen molar-refractivity contribution in [1.82, 2.24) is 0 Å². The Labute approximate surface area is 563 Å². The third-order valence-electron chi connectivity index (χ3n) is 16.6. The Kier molecular flexibility index (Phi) is 68.4. The van der Waals surface area contributed by atoms with Crippen molar-refractivity contribution in [3.05, 3.63) is 109 Å². The van der Waals surface area contributed by atoms with E-state index in [0.717, 1.165) is 77.0 Å². The molecule has 2 unspecified atom stereocenters. The Balaban J connectivity index is 4.03. The van der Waals surface area contributed by atoms with Crippen LogP contribution in [-0.4, -0.2) is 70.0 Å². The van der Waals surface area contributed by atoms with Crippen molar-refractivity contribution in [3.8, 4) is 0 Å². The fourth-order valence-electron chi connectivity index (χ4n) is 10.8. The number of phosphoric acid groups is 1. The summed E-state index contributed by atoms with van der Waals surface area (Å²) >= 11 is 0. The van der Waals surface area contributed by atoms with Crippen LogP contribution in [0.1, 0.15) is 341 Å². The van der Waals surface area contributed by atoms with Gasteiger partial charge in [0.05, 0.1) is 27.7 Å². The van der Waals surface area contributed by atoms with Crippen molar-refractivity contribution in [1.29, 1.82) is 0 Å². The highest BCUT2D eigenvalue weighted by molar-refractivity contribution is 7.45. The summed E-state index contributed by atoms with van der Waals surface area (Å²) in [4.78, 5) is 38.1. The number of rotatable bonds is 70. The predicted molar refractivity (Wildman–Crippen MR) is 392 cm³/mol. The second-order valence-corrected chi connectivity index (χ2v) is 28.1. The van der Waals surface area contributed by atoms with Gasteiger partial charge in [-0.15, -0.1) is 0 Å². The van der Waals surface area contributed by atoms with Gasteiger partial charge < -0.3 is 27.9 Å². The van der Waals surface area contributed by atoms with Crippen molar-refractivity contribution in [2.24, 2.45) is 0 Å². The molecule has 0 bridgehead atoms. The lowest BCUT2D eigenvalue weighted by atomic mass is 10.0. The normalized spacial score (nSPS) is 13.7. The zero-order chi connectivity index (χ0) is 66.2. The topological polar surface area (TPSA) is 111 Å². The van der Waals surface area contributed by atoms with Crippen molar-refractivity contribution in [3.63, 3.8) is 0 Å². The molecule has 0 rings (SSSR count). The maximum Gasteiger partial charge on any atom is 0.306 e. The molecule has 0 aliphatic heterocycles. The summed E-state index contributed by atoms with van der Waals surface area (Å²) in [6.45, 7) is 4.09. The first-order valence-corrected chi connectivity index (χ1v) is 39.6. The molecule has 91 heavy (non-hydrogen) atoms. The first-order chi connectivity index (χ1) is 44.5. The first kappa shape index (κ1) is 87.7. The van der Waals surface area contributed by atoms with E-state index < -0.39 is 32.5 Å². The minimum atomic E-state index is -4.67. The van der Waals surface area contributed by atoms with E-state index in [9.17, 15) is 19.0 Å². The highest BCUT2D eigenvalue weighted by atomic mass is 31.2. The molecule has 0 heterocycles. The lowest BCUT2D eigenvalue weighted by Gasteiger charge is -2.28. The van der Waals surface area contributed by atoms with Crippen LogP contribution < -0.4 is 4.89 Å². The summed E-state index contributed by atoms with van der Waals surface area (Å²) in [5, 5.41) is 0. The number of likely N-dealkylation sites (N-methyl/N-ethyl adjacent to an activating group) is 1. The van der Waals surface area contributed by atoms with Crippen LogP contribution >= 0.6 is 7.82 Å². The van der Waals surface area contributed by atoms with E-state index in [0.29, 0.717) is 23.9 Å². The van der Waals surface area contributed by atoms with Gasteiger partial charge in [-0.1, -0.05) is 361 Å². The number of ether oxygens (including phenoxy) is 2. The van der Waals surface area contributed by atoms with E-state index in [2.05, 4.69) is 117 Å². The standard InChI is InChI=1S/C81H144NO8P/c1-6-8-10-12-14-16-18-20-22-24-26-28-30-32-34-36-37-38-39-40-41-42-43-44-46-47-49-51-53-55-57-59-61-63-65-67-69-71-73-80(83)87-77-79(78-89-91(85,86)88-76-75-82(3,4)5)90-81(84)74-72-70-68-66-64-62-60-58-56-54-52-50-48-45-35-33-31-29-27-25-23-21-19-17-15-13-11-9-7-2/h9,11,15,17,21,23,27,29,33,35,48,50,54,56,60,62,66,68,79H,6-8,10,12-14,16,18-20,22,24-26,28,30-32,34,36-47,49,51-53,55,57-59,61,63-65,67,69-78H2,1-5H3/b11-9-,17-15-,23-21-,29-27-,35-33-,50-48-,56-54-,62-60-,68-66-. The zero-order valence-corrected chi connectivity index (χ0v) is 60.9. The van der Waals surface area contributed by atoms with E-state index in [1.807, 2.05) is 27.2 Å². The lowest BCUT2D eigenvalue weighted by Crippen LogP contribution is -2.37. The zero-order valence-electron chi connectivity index (χ0n) is 60.0. The second-order valence-electron chi connectivity index (χ2n) is 26.6. The Hall–Kier alpha value is -3.33. The summed E-state index contributed by atoms with van der Waals surface area (Å²) in [6, 6.07) is 0. The summed E-state index contributed by atoms with van der Waals surface area (Å²) in [5.41, 5.74) is 0. The number of carbonyl (C=O) groups is 2. The second kappa shape index (κ2) is 71.0. The molecule has 526 valence electrons. The molecule has 0 aliphatic rings. The van der Waals surface area contributed by atoms with E-state index in [-0.39, 0.29) is 26.1 Å². The van der Waals surface area contributed by atoms with Crippen LogP contribution in [0.2, 0.25) is 0 Å². The highest BCUT2D eigenvalue weighted by Gasteiger charge is 2.22. The minimum Gasteiger partial charge on any atom is -0.756 e. The van der Waals surface area contributed by atoms with Gasteiger partial charge in [-0.2, -0.15) is 0 Å². The van der Waals surface area contributed by atoms with E-state index >= 15 is 0 Å². The average Bonchev–Trinajstić information content (AvgIpc) is 3.74. The smallest absolute Gasteiger partial charge is 0.306 e. The van der Waals surface area contributed by atoms with Crippen LogP contribution in [0.3, 0.4) is 0 Å². The van der Waals surface area contributed by atoms with Crippen molar-refractivity contribution in [2.45, 2.75) is 347 Å². The summed E-state index contributed by atoms with van der Waals surface area (Å²) in [7, 11) is 1.13. The van der Waals surface area contributed by atoms with Gasteiger partial charge >= 0.3 is 11.9 Å². The molecule has 10 heteroatoms. The van der Waals surface area contributed by atoms with Gasteiger partial charge in [0.25, 0.3) is 7.82 Å². The number of carbonyl (C=O) groups excluding carboxylic acids is 2. The van der Waals surface area contributed by atoms with Gasteiger partial charge in [-0.05, 0) is 77.0 Å². The first-order valence-electron chi connectivity index (χ1n) is 38.1. The summed E-state index contributed by atoms with van der Waals surface area (Å²) in [5.74, 6) is -0.898. The Morgan fingerprint density at radius 2 is 0.626 bits per heavy atom. The van der Waals surface area contributed by atoms with Gasteiger partial charge in [0.15, 0.2) is 6.10 Å². The van der Waals surface area contributed by atoms with Gasteiger partial charge in [0.2, 0.25) is 0 Å². The van der Waals surface area contributed by atoms with Crippen molar-refractivity contribution in [2.75, 3.05) is 47.5 Å². The summed E-state index contributed by atoms with van der Waals surface area (Å²) in [6.07, 6.45) is 101. The molecule has 0 amide bonds. The number of quaternary nitrogens is 1. The van der Waals surface area contributed by atoms with Crippen molar-refractivity contribution < 1.29 is 42.1 Å². The molecular weight excluding hydrogens is 1150 g/mol. The number of unbranched alkanes of at least 4 members (excludes halogenated alkanes) is 38. The fraction of sp³-hybridized carbons (Fsp3) is 0.753. The van der Waals surface area contributed by atoms with E-state index in [4.69, 9.17) is 18.5 Å². The molecule has 0 N–H and O–H groups in total. The SMILES string of the molecule is CC/C=C\C/C=C\C/C=C\C/C=C\C/C=C\C/C=C\C/C=C\C/C=C\C/C=C\CCCC(=O)OC(COC(=O)CCCCCCCCCCCCCCCCCCCCCCCCCCCCCCCCCCCCCCCC)COP(=O)([O-])OCC[N+](C)(C)C. The monoisotopic (exact) mass is 1290 g/mol. The van der Waals surface area contributed by atoms with Gasteiger partial charge in [-0.25, -0.2) is 0 Å². The summed E-state index contributed by atoms with van der Waals surface area (Å²) < 4.78 is 34.3. The maximum atomic E-state index is 12.8.